The Bertz CT molecular complexity index is 163. The topological polar surface area (TPSA) is 112 Å². The summed E-state index contributed by atoms with van der Waals surface area (Å²) in [4.78, 5) is 9.00. The number of carboxylic acids is 1. The van der Waals surface area contributed by atoms with Crippen molar-refractivity contribution in [3.05, 3.63) is 0 Å². The summed E-state index contributed by atoms with van der Waals surface area (Å²) in [6.07, 6.45) is 0. The van der Waals surface area contributed by atoms with Crippen LogP contribution in [0.3, 0.4) is 0 Å². The summed E-state index contributed by atoms with van der Waals surface area (Å²) in [6.45, 7) is 1.08. The molecule has 0 aromatic rings. The van der Waals surface area contributed by atoms with Crippen molar-refractivity contribution >= 4 is 39.4 Å². The summed E-state index contributed by atoms with van der Waals surface area (Å²) in [7, 11) is -4.67. The zero-order valence-electron chi connectivity index (χ0n) is 4.78. The predicted molar refractivity (Wildman–Crippen MR) is 36.0 cm³/mol. The second-order valence-electron chi connectivity index (χ2n) is 0.967. The molecule has 9 heteroatoms. The van der Waals surface area contributed by atoms with Crippen molar-refractivity contribution in [1.82, 2.24) is 0 Å². The van der Waals surface area contributed by atoms with Gasteiger partial charge in [0.25, 0.3) is 5.97 Å². The third-order valence-electron chi connectivity index (χ3n) is 0. The number of carboxylic acid groups (broad SMARTS) is 1. The van der Waals surface area contributed by atoms with Crippen LogP contribution in [-0.2, 0) is 32.3 Å². The molecular formula is C2H8CuMgO6S. The number of hydrogen-bond donors (Lipinski definition) is 3. The molecule has 0 rings (SSSR count). The van der Waals surface area contributed by atoms with Crippen LogP contribution in [0.1, 0.15) is 6.92 Å². The van der Waals surface area contributed by atoms with Gasteiger partial charge in [0.05, 0.1) is 0 Å². The van der Waals surface area contributed by atoms with Crippen molar-refractivity contribution in [1.29, 1.82) is 0 Å². The molecule has 0 aliphatic carbocycles. The van der Waals surface area contributed by atoms with E-state index in [1.54, 1.807) is 0 Å². The van der Waals surface area contributed by atoms with Crippen molar-refractivity contribution < 1.29 is 44.5 Å². The molecule has 0 heterocycles. The quantitative estimate of drug-likeness (QED) is 0.356. The molecule has 71 valence electrons. The summed E-state index contributed by atoms with van der Waals surface area (Å²) in [5.41, 5.74) is 0. The van der Waals surface area contributed by atoms with Crippen LogP contribution in [0.5, 0.6) is 0 Å². The zero-order chi connectivity index (χ0) is 8.08. The molecule has 0 fully saturated rings. The van der Waals surface area contributed by atoms with Gasteiger partial charge in [-0.3, -0.25) is 13.9 Å². The van der Waals surface area contributed by atoms with Gasteiger partial charge in [-0.05, 0) is 0 Å². The maximum atomic E-state index is 9.00. The SMILES string of the molecule is CC(=O)O.O=S(=O)(O)O.[Cu].[MgH2]. The molecule has 0 aliphatic heterocycles. The van der Waals surface area contributed by atoms with Crippen LogP contribution in [0.25, 0.3) is 0 Å². The number of hydrogen-bond acceptors (Lipinski definition) is 3. The monoisotopic (exact) mass is 247 g/mol. The van der Waals surface area contributed by atoms with Gasteiger partial charge in [-0.2, -0.15) is 8.42 Å². The Kier molecular flexibility index (Phi) is 21.8. The summed E-state index contributed by atoms with van der Waals surface area (Å²) < 4.78 is 31.6. The Morgan fingerprint density at radius 2 is 1.27 bits per heavy atom. The van der Waals surface area contributed by atoms with E-state index in [1.165, 1.54) is 0 Å². The van der Waals surface area contributed by atoms with Crippen LogP contribution in [0, 0.1) is 0 Å². The van der Waals surface area contributed by atoms with Gasteiger partial charge < -0.3 is 5.11 Å². The molecule has 0 aromatic carbocycles. The van der Waals surface area contributed by atoms with Crippen LogP contribution < -0.4 is 0 Å². The largest absolute Gasteiger partial charge is 0.481 e. The minimum atomic E-state index is -4.67. The summed E-state index contributed by atoms with van der Waals surface area (Å²) in [6, 6.07) is 0. The van der Waals surface area contributed by atoms with E-state index < -0.39 is 16.4 Å². The molecule has 3 N–H and O–H groups in total. The van der Waals surface area contributed by atoms with E-state index in [-0.39, 0.29) is 40.1 Å². The standard InChI is InChI=1S/C2H4O2.Cu.Mg.H2O4S.2H/c1-2(3)4;;;1-5(2,3)4;;/h1H3,(H,3,4);;;(H2,1,2,3,4);;. The molecule has 11 heavy (non-hydrogen) atoms. The fraction of sp³-hybridized carbons (Fsp3) is 0.500. The maximum Gasteiger partial charge on any atom is 0.394 e. The van der Waals surface area contributed by atoms with Gasteiger partial charge in [-0.15, -0.1) is 0 Å². The molecule has 0 aromatic heterocycles. The number of carbonyl (C=O) groups is 1. The van der Waals surface area contributed by atoms with Crippen molar-refractivity contribution in [3.63, 3.8) is 0 Å². The molecule has 0 spiro atoms. The van der Waals surface area contributed by atoms with Gasteiger partial charge in [0.15, 0.2) is 0 Å². The van der Waals surface area contributed by atoms with Crippen LogP contribution in [-0.4, -0.2) is 51.7 Å². The summed E-state index contributed by atoms with van der Waals surface area (Å²) in [5, 5.41) is 7.42. The molecule has 0 saturated carbocycles. The normalized spacial score (nSPS) is 7.55. The second kappa shape index (κ2) is 10.6. The van der Waals surface area contributed by atoms with Crippen molar-refractivity contribution in [2.45, 2.75) is 6.92 Å². The first-order chi connectivity index (χ1) is 3.73. The summed E-state index contributed by atoms with van der Waals surface area (Å²) in [5.74, 6) is -0.833. The number of aliphatic carboxylic acids is 1. The molecule has 0 saturated heterocycles. The van der Waals surface area contributed by atoms with Gasteiger partial charge >= 0.3 is 33.5 Å². The van der Waals surface area contributed by atoms with Crippen LogP contribution in [0.15, 0.2) is 0 Å². The van der Waals surface area contributed by atoms with E-state index in [4.69, 9.17) is 27.4 Å². The zero-order valence-corrected chi connectivity index (χ0v) is 6.53. The van der Waals surface area contributed by atoms with Gasteiger partial charge in [0, 0.05) is 24.0 Å². The van der Waals surface area contributed by atoms with E-state index in [0.29, 0.717) is 0 Å². The Labute approximate surface area is 90.6 Å². The van der Waals surface area contributed by atoms with Gasteiger partial charge in [-0.25, -0.2) is 0 Å². The second-order valence-corrected chi connectivity index (χ2v) is 1.86. The third kappa shape index (κ3) is 2020. The fourth-order valence-corrected chi connectivity index (χ4v) is 0. The van der Waals surface area contributed by atoms with Gasteiger partial charge in [0.2, 0.25) is 0 Å². The van der Waals surface area contributed by atoms with E-state index in [1.807, 2.05) is 0 Å². The molecule has 6 nitrogen and oxygen atoms in total. The van der Waals surface area contributed by atoms with Crippen LogP contribution in [0.2, 0.25) is 0 Å². The predicted octanol–water partition coefficient (Wildman–Crippen LogP) is -1.48. The first-order valence-corrected chi connectivity index (χ1v) is 3.02. The molecule has 0 bridgehead atoms. The molecule has 0 atom stereocenters. The Hall–Kier alpha value is 0.626. The first kappa shape index (κ1) is 22.6. The molecule has 1 radical (unpaired) electrons. The average Bonchev–Trinajstić information content (AvgIpc) is 1.19. The maximum absolute atomic E-state index is 9.00. The van der Waals surface area contributed by atoms with E-state index in [9.17, 15) is 0 Å². The molecular weight excluding hydrogens is 240 g/mol. The Morgan fingerprint density at radius 3 is 1.27 bits per heavy atom. The van der Waals surface area contributed by atoms with Crippen molar-refractivity contribution in [2.75, 3.05) is 0 Å². The van der Waals surface area contributed by atoms with Crippen LogP contribution in [0.4, 0.5) is 0 Å². The van der Waals surface area contributed by atoms with E-state index in [0.717, 1.165) is 6.92 Å². The molecule has 0 unspecified atom stereocenters. The van der Waals surface area contributed by atoms with E-state index in [2.05, 4.69) is 0 Å². The van der Waals surface area contributed by atoms with Crippen molar-refractivity contribution in [2.24, 2.45) is 0 Å². The smallest absolute Gasteiger partial charge is 0.394 e. The fourth-order valence-electron chi connectivity index (χ4n) is 0. The minimum Gasteiger partial charge on any atom is -0.481 e. The summed E-state index contributed by atoms with van der Waals surface area (Å²) >= 11 is 0. The van der Waals surface area contributed by atoms with Gasteiger partial charge in [-0.1, -0.05) is 0 Å². The van der Waals surface area contributed by atoms with Gasteiger partial charge in [0.1, 0.15) is 0 Å². The van der Waals surface area contributed by atoms with Crippen molar-refractivity contribution in [3.8, 4) is 0 Å². The first-order valence-electron chi connectivity index (χ1n) is 1.63. The minimum absolute atomic E-state index is 0. The average molecular weight is 248 g/mol. The Balaban J connectivity index is -0.0000000383. The molecule has 0 aliphatic rings. The third-order valence-corrected chi connectivity index (χ3v) is 0. The molecule has 0 amide bonds. The van der Waals surface area contributed by atoms with Crippen LogP contribution >= 0.6 is 0 Å². The number of rotatable bonds is 0. The van der Waals surface area contributed by atoms with E-state index >= 15 is 0 Å². The Morgan fingerprint density at radius 1 is 1.27 bits per heavy atom.